The number of fused-ring (bicyclic) bond motifs is 1. The molecule has 0 saturated carbocycles. The Balaban J connectivity index is 1.52. The van der Waals surface area contributed by atoms with Crippen LogP contribution < -0.4 is 4.90 Å². The molecule has 1 N–H and O–H groups in total. The minimum atomic E-state index is -0.0942. The maximum atomic E-state index is 10.0. The molecule has 4 rings (SSSR count). The van der Waals surface area contributed by atoms with E-state index in [1.807, 2.05) is 12.1 Å². The molecule has 1 aliphatic heterocycles. The van der Waals surface area contributed by atoms with Gasteiger partial charge in [0.1, 0.15) is 5.75 Å². The molecule has 1 saturated heterocycles. The largest absolute Gasteiger partial charge is 0.508 e. The van der Waals surface area contributed by atoms with Gasteiger partial charge in [0.15, 0.2) is 6.29 Å². The maximum absolute atomic E-state index is 10.0. The van der Waals surface area contributed by atoms with E-state index in [9.17, 15) is 5.11 Å². The van der Waals surface area contributed by atoms with Crippen molar-refractivity contribution < 1.29 is 14.6 Å². The van der Waals surface area contributed by atoms with Gasteiger partial charge in [0.2, 0.25) is 0 Å². The number of aryl methyl sites for hydroxylation is 1. The van der Waals surface area contributed by atoms with Crippen LogP contribution in [0.1, 0.15) is 62.1 Å². The molecule has 0 unspecified atom stereocenters. The minimum Gasteiger partial charge on any atom is -0.508 e. The lowest BCUT2D eigenvalue weighted by atomic mass is 9.69. The second kappa shape index (κ2) is 10.3. The van der Waals surface area contributed by atoms with E-state index in [2.05, 4.69) is 49.1 Å². The monoisotopic (exact) mass is 437 g/mol. The van der Waals surface area contributed by atoms with E-state index in [1.54, 1.807) is 14.2 Å². The van der Waals surface area contributed by atoms with E-state index in [4.69, 9.17) is 9.47 Å². The lowest BCUT2D eigenvalue weighted by Gasteiger charge is -2.37. The Bertz CT molecular complexity index is 867. The van der Waals surface area contributed by atoms with Gasteiger partial charge >= 0.3 is 0 Å². The molecule has 0 spiro atoms. The fourth-order valence-corrected chi connectivity index (χ4v) is 5.99. The molecule has 0 bridgehead atoms. The molecule has 0 radical (unpaired) electrons. The van der Waals surface area contributed by atoms with Gasteiger partial charge in [0.25, 0.3) is 0 Å². The van der Waals surface area contributed by atoms with Crippen LogP contribution in [-0.4, -0.2) is 38.7 Å². The number of methoxy groups -OCH3 is 2. The summed E-state index contributed by atoms with van der Waals surface area (Å²) >= 11 is 0. The van der Waals surface area contributed by atoms with Crippen LogP contribution in [0.25, 0.3) is 0 Å². The Morgan fingerprint density at radius 1 is 0.969 bits per heavy atom. The zero-order valence-electron chi connectivity index (χ0n) is 20.1. The number of phenols is 1. The first-order valence-electron chi connectivity index (χ1n) is 12.2. The molecule has 4 heteroatoms. The third-order valence-electron chi connectivity index (χ3n) is 7.50. The van der Waals surface area contributed by atoms with Gasteiger partial charge in [-0.25, -0.2) is 0 Å². The second-order valence-corrected chi connectivity index (χ2v) is 10.0. The Labute approximate surface area is 193 Å². The lowest BCUT2D eigenvalue weighted by Crippen LogP contribution is -2.39. The summed E-state index contributed by atoms with van der Waals surface area (Å²) in [6, 6.07) is 15.3. The van der Waals surface area contributed by atoms with Crippen molar-refractivity contribution >= 4 is 5.69 Å². The highest BCUT2D eigenvalue weighted by Gasteiger charge is 2.32. The minimum absolute atomic E-state index is 0.0942. The van der Waals surface area contributed by atoms with Crippen LogP contribution in [0.15, 0.2) is 42.5 Å². The van der Waals surface area contributed by atoms with Gasteiger partial charge in [-0.15, -0.1) is 0 Å². The number of hydrogen-bond acceptors (Lipinski definition) is 4. The lowest BCUT2D eigenvalue weighted by molar-refractivity contribution is -0.141. The molecule has 2 aliphatic rings. The number of hydrogen-bond donors (Lipinski definition) is 1. The van der Waals surface area contributed by atoms with Gasteiger partial charge < -0.3 is 19.5 Å². The first-order valence-corrected chi connectivity index (χ1v) is 12.2. The van der Waals surface area contributed by atoms with E-state index in [0.717, 1.165) is 32.4 Å². The third kappa shape index (κ3) is 4.97. The molecule has 1 heterocycles. The number of piperidine rings is 1. The molecule has 0 amide bonds. The molecular weight excluding hydrogens is 398 g/mol. The highest BCUT2D eigenvalue weighted by atomic mass is 16.7. The van der Waals surface area contributed by atoms with Crippen molar-refractivity contribution in [3.05, 3.63) is 59.2 Å². The summed E-state index contributed by atoms with van der Waals surface area (Å²) in [5, 5.41) is 10.0. The number of aromatic hydroxyl groups is 1. The van der Waals surface area contributed by atoms with Crippen LogP contribution in [0, 0.1) is 17.8 Å². The van der Waals surface area contributed by atoms with E-state index >= 15 is 0 Å². The van der Waals surface area contributed by atoms with Crippen LogP contribution in [0.2, 0.25) is 0 Å². The van der Waals surface area contributed by atoms with Gasteiger partial charge in [0.05, 0.1) is 0 Å². The summed E-state index contributed by atoms with van der Waals surface area (Å²) in [6.45, 7) is 6.73. The maximum Gasteiger partial charge on any atom is 0.159 e. The number of ether oxygens (including phenoxy) is 2. The number of benzene rings is 2. The van der Waals surface area contributed by atoms with Crippen molar-refractivity contribution in [1.29, 1.82) is 0 Å². The van der Waals surface area contributed by atoms with Crippen LogP contribution in [0.3, 0.4) is 0 Å². The molecule has 1 fully saturated rings. The molecule has 0 aromatic heterocycles. The van der Waals surface area contributed by atoms with Gasteiger partial charge in [-0.3, -0.25) is 0 Å². The normalized spacial score (nSPS) is 21.9. The summed E-state index contributed by atoms with van der Waals surface area (Å²) < 4.78 is 11.0. The Hall–Kier alpha value is -2.04. The molecular formula is C28H39NO3. The second-order valence-electron chi connectivity index (χ2n) is 10.0. The van der Waals surface area contributed by atoms with Gasteiger partial charge in [-0.05, 0) is 84.9 Å². The molecule has 2 aromatic carbocycles. The van der Waals surface area contributed by atoms with E-state index < -0.39 is 0 Å². The zero-order chi connectivity index (χ0) is 22.7. The first kappa shape index (κ1) is 23.1. The van der Waals surface area contributed by atoms with E-state index in [-0.39, 0.29) is 6.29 Å². The smallest absolute Gasteiger partial charge is 0.159 e. The molecule has 4 nitrogen and oxygen atoms in total. The van der Waals surface area contributed by atoms with E-state index in [1.165, 1.54) is 35.2 Å². The molecule has 32 heavy (non-hydrogen) atoms. The predicted octanol–water partition coefficient (Wildman–Crippen LogP) is 5.97. The summed E-state index contributed by atoms with van der Waals surface area (Å²) in [5.74, 6) is 2.59. The standard InChI is InChI=1S/C28H39NO3/c1-19(2)17-23-6-5-22-18-25(30)11-12-26(22)27(23)20-7-9-24(10-8-20)29-15-13-21(14-16-29)28(31-3)32-4/h7-12,18-19,21,23,27-28,30H,5-6,13-17H2,1-4H3/t23-,27-/m1/s1. The Kier molecular flexibility index (Phi) is 7.42. The zero-order valence-corrected chi connectivity index (χ0v) is 20.1. The van der Waals surface area contributed by atoms with Crippen LogP contribution in [0.4, 0.5) is 5.69 Å². The number of nitrogens with zero attached hydrogens (tertiary/aromatic N) is 1. The topological polar surface area (TPSA) is 41.9 Å². The van der Waals surface area contributed by atoms with Crippen molar-refractivity contribution in [1.82, 2.24) is 0 Å². The number of anilines is 1. The van der Waals surface area contributed by atoms with Crippen molar-refractivity contribution in [3.63, 3.8) is 0 Å². The molecule has 174 valence electrons. The fourth-order valence-electron chi connectivity index (χ4n) is 5.99. The summed E-state index contributed by atoms with van der Waals surface area (Å²) in [6.07, 6.45) is 5.57. The quantitative estimate of drug-likeness (QED) is 0.542. The first-order chi connectivity index (χ1) is 15.5. The SMILES string of the molecule is COC(OC)C1CCN(c2ccc([C@H]3c4ccc(O)cc4CC[C@@H]3CC(C)C)cc2)CC1. The van der Waals surface area contributed by atoms with Gasteiger partial charge in [0, 0.05) is 44.8 Å². The van der Waals surface area contributed by atoms with Crippen LogP contribution >= 0.6 is 0 Å². The van der Waals surface area contributed by atoms with Crippen molar-refractivity contribution in [3.8, 4) is 5.75 Å². The summed E-state index contributed by atoms with van der Waals surface area (Å²) in [5.41, 5.74) is 5.42. The molecule has 1 aliphatic carbocycles. The molecule has 2 atom stereocenters. The summed E-state index contributed by atoms with van der Waals surface area (Å²) in [7, 11) is 3.47. The van der Waals surface area contributed by atoms with Crippen LogP contribution in [0.5, 0.6) is 5.75 Å². The Morgan fingerprint density at radius 2 is 1.66 bits per heavy atom. The van der Waals surface area contributed by atoms with Gasteiger partial charge in [-0.2, -0.15) is 0 Å². The average Bonchev–Trinajstić information content (AvgIpc) is 2.80. The fraction of sp³-hybridized carbons (Fsp3) is 0.571. The highest BCUT2D eigenvalue weighted by molar-refractivity contribution is 5.51. The van der Waals surface area contributed by atoms with Gasteiger partial charge in [-0.1, -0.05) is 32.0 Å². The predicted molar refractivity (Wildman–Crippen MR) is 130 cm³/mol. The van der Waals surface area contributed by atoms with Crippen molar-refractivity contribution in [2.45, 2.75) is 58.2 Å². The molecule has 2 aromatic rings. The summed E-state index contributed by atoms with van der Waals surface area (Å²) in [4.78, 5) is 2.49. The Morgan fingerprint density at radius 3 is 2.28 bits per heavy atom. The number of phenolic OH excluding ortho intramolecular Hbond substituents is 1. The average molecular weight is 438 g/mol. The highest BCUT2D eigenvalue weighted by Crippen LogP contribution is 2.44. The van der Waals surface area contributed by atoms with Crippen molar-refractivity contribution in [2.24, 2.45) is 17.8 Å². The van der Waals surface area contributed by atoms with E-state index in [0.29, 0.717) is 29.4 Å². The van der Waals surface area contributed by atoms with Crippen molar-refractivity contribution in [2.75, 3.05) is 32.2 Å². The third-order valence-corrected chi connectivity index (χ3v) is 7.50. The van der Waals surface area contributed by atoms with Crippen LogP contribution in [-0.2, 0) is 15.9 Å². The number of rotatable bonds is 7.